The molecular weight excluding hydrogens is 408 g/mol. The predicted octanol–water partition coefficient (Wildman–Crippen LogP) is 6.05. The summed E-state index contributed by atoms with van der Waals surface area (Å²) >= 11 is 6.06. The van der Waals surface area contributed by atoms with Crippen LogP contribution < -0.4 is 10.1 Å². The van der Waals surface area contributed by atoms with Crippen LogP contribution in [0.2, 0.25) is 5.02 Å². The van der Waals surface area contributed by atoms with Crippen LogP contribution in [-0.4, -0.2) is 5.78 Å². The van der Waals surface area contributed by atoms with E-state index < -0.39 is 0 Å². The molecule has 4 nitrogen and oxygen atoms in total. The van der Waals surface area contributed by atoms with Gasteiger partial charge in [0.25, 0.3) is 0 Å². The van der Waals surface area contributed by atoms with Crippen LogP contribution in [0.1, 0.15) is 50.7 Å². The fraction of sp³-hybridized carbons (Fsp3) is 0.308. The normalized spacial score (nSPS) is 20.1. The number of Topliss-reactive ketones (excluding diaryl/α,β-unsaturated/α-hetero) is 1. The summed E-state index contributed by atoms with van der Waals surface area (Å²) in [7, 11) is 0. The highest BCUT2D eigenvalue weighted by molar-refractivity contribution is 6.30. The van der Waals surface area contributed by atoms with E-state index in [1.54, 1.807) is 0 Å². The molecule has 0 fully saturated rings. The van der Waals surface area contributed by atoms with Gasteiger partial charge in [0, 0.05) is 28.4 Å². The Bertz CT molecular complexity index is 1150. The fourth-order valence-corrected chi connectivity index (χ4v) is 4.71. The zero-order valence-electron chi connectivity index (χ0n) is 18.0. The third kappa shape index (κ3) is 4.38. The molecule has 0 saturated carbocycles. The molecule has 1 heterocycles. The van der Waals surface area contributed by atoms with Crippen molar-refractivity contribution in [3.8, 4) is 11.8 Å². The Balaban J connectivity index is 1.68. The Hall–Kier alpha value is -3.03. The van der Waals surface area contributed by atoms with E-state index in [2.05, 4.69) is 25.2 Å². The highest BCUT2D eigenvalue weighted by Crippen LogP contribution is 2.46. The second-order valence-corrected chi connectivity index (χ2v) is 9.47. The minimum Gasteiger partial charge on any atom is -0.489 e. The van der Waals surface area contributed by atoms with Crippen LogP contribution >= 0.6 is 11.6 Å². The highest BCUT2D eigenvalue weighted by atomic mass is 35.5. The van der Waals surface area contributed by atoms with Crippen molar-refractivity contribution in [1.82, 2.24) is 5.32 Å². The van der Waals surface area contributed by atoms with Gasteiger partial charge in [-0.2, -0.15) is 5.26 Å². The molecule has 158 valence electrons. The van der Waals surface area contributed by atoms with Gasteiger partial charge in [0.05, 0.1) is 17.6 Å². The second-order valence-electron chi connectivity index (χ2n) is 9.03. The molecule has 0 saturated heterocycles. The Kier molecular flexibility index (Phi) is 5.64. The largest absolute Gasteiger partial charge is 0.489 e. The number of dihydropyridines is 1. The monoisotopic (exact) mass is 432 g/mol. The van der Waals surface area contributed by atoms with Crippen molar-refractivity contribution in [2.24, 2.45) is 5.41 Å². The first-order chi connectivity index (χ1) is 14.8. The molecule has 0 spiro atoms. The van der Waals surface area contributed by atoms with E-state index in [-0.39, 0.29) is 17.1 Å². The van der Waals surface area contributed by atoms with Crippen LogP contribution in [0.15, 0.2) is 71.1 Å². The molecule has 0 amide bonds. The summed E-state index contributed by atoms with van der Waals surface area (Å²) in [5.74, 6) is 0.422. The van der Waals surface area contributed by atoms with Gasteiger partial charge in [-0.1, -0.05) is 49.7 Å². The Morgan fingerprint density at radius 2 is 1.97 bits per heavy atom. The third-order valence-electron chi connectivity index (χ3n) is 5.85. The predicted molar refractivity (Wildman–Crippen MR) is 121 cm³/mol. The summed E-state index contributed by atoms with van der Waals surface area (Å²) in [4.78, 5) is 13.1. The van der Waals surface area contributed by atoms with Gasteiger partial charge in [-0.25, -0.2) is 0 Å². The van der Waals surface area contributed by atoms with Gasteiger partial charge < -0.3 is 10.1 Å². The van der Waals surface area contributed by atoms with Crippen molar-refractivity contribution in [2.75, 3.05) is 0 Å². The molecule has 0 radical (unpaired) electrons. The summed E-state index contributed by atoms with van der Waals surface area (Å²) in [5.41, 5.74) is 4.81. The molecule has 5 heteroatoms. The number of carbonyl (C=O) groups is 1. The van der Waals surface area contributed by atoms with Gasteiger partial charge >= 0.3 is 0 Å². The number of carbonyl (C=O) groups excluding carboxylic acids is 1. The van der Waals surface area contributed by atoms with Crippen molar-refractivity contribution in [3.63, 3.8) is 0 Å². The molecule has 2 aliphatic rings. The van der Waals surface area contributed by atoms with Crippen LogP contribution in [0.4, 0.5) is 0 Å². The van der Waals surface area contributed by atoms with Crippen LogP contribution in [0.5, 0.6) is 5.75 Å². The van der Waals surface area contributed by atoms with Gasteiger partial charge in [-0.05, 0) is 54.2 Å². The van der Waals surface area contributed by atoms with Crippen molar-refractivity contribution < 1.29 is 9.53 Å². The topological polar surface area (TPSA) is 62.1 Å². The van der Waals surface area contributed by atoms with Crippen LogP contribution in [0.3, 0.4) is 0 Å². The molecule has 2 aromatic rings. The summed E-state index contributed by atoms with van der Waals surface area (Å²) in [6.07, 6.45) is 1.26. The van der Waals surface area contributed by atoms with E-state index in [9.17, 15) is 10.1 Å². The maximum atomic E-state index is 13.1. The molecule has 1 atom stereocenters. The lowest BCUT2D eigenvalue weighted by Crippen LogP contribution is -2.36. The van der Waals surface area contributed by atoms with Crippen molar-refractivity contribution in [2.45, 2.75) is 46.1 Å². The van der Waals surface area contributed by atoms with E-state index in [1.807, 2.05) is 55.5 Å². The Morgan fingerprint density at radius 3 is 2.71 bits per heavy atom. The van der Waals surface area contributed by atoms with Gasteiger partial charge in [-0.3, -0.25) is 4.79 Å². The second kappa shape index (κ2) is 8.24. The van der Waals surface area contributed by atoms with Gasteiger partial charge in [0.15, 0.2) is 5.78 Å². The first-order valence-corrected chi connectivity index (χ1v) is 10.8. The molecule has 31 heavy (non-hydrogen) atoms. The zero-order chi connectivity index (χ0) is 22.2. The van der Waals surface area contributed by atoms with E-state index in [1.165, 1.54) is 0 Å². The lowest BCUT2D eigenvalue weighted by atomic mass is 9.69. The Labute approximate surface area is 188 Å². The Morgan fingerprint density at radius 1 is 1.19 bits per heavy atom. The lowest BCUT2D eigenvalue weighted by molar-refractivity contribution is -0.118. The van der Waals surface area contributed by atoms with Crippen LogP contribution in [0, 0.1) is 16.7 Å². The maximum Gasteiger partial charge on any atom is 0.162 e. The zero-order valence-corrected chi connectivity index (χ0v) is 18.7. The molecule has 0 bridgehead atoms. The van der Waals surface area contributed by atoms with E-state index in [0.717, 1.165) is 28.9 Å². The number of halogens is 1. The molecule has 0 unspecified atom stereocenters. The van der Waals surface area contributed by atoms with Crippen LogP contribution in [-0.2, 0) is 11.4 Å². The summed E-state index contributed by atoms with van der Waals surface area (Å²) < 4.78 is 6.00. The SMILES string of the molecule is CC1=C(C#N)[C@H](c2cccc(OCc3cccc(Cl)c3)c2)C2=C(CC(C)(C)CC2=O)N1. The van der Waals surface area contributed by atoms with E-state index in [4.69, 9.17) is 16.3 Å². The number of benzene rings is 2. The lowest BCUT2D eigenvalue weighted by Gasteiger charge is -2.38. The number of nitriles is 1. The minimum absolute atomic E-state index is 0.0974. The summed E-state index contributed by atoms with van der Waals surface area (Å²) in [5, 5.41) is 13.9. The molecule has 1 aliphatic carbocycles. The standard InChI is InChI=1S/C26H25ClN2O2/c1-16-21(14-28)24(25-22(29-16)12-26(2,3)13-23(25)30)18-7-5-9-20(11-18)31-15-17-6-4-8-19(27)10-17/h4-11,24,29H,12-13,15H2,1-3H3/t24-/m0/s1. The first-order valence-electron chi connectivity index (χ1n) is 10.4. The molecular formula is C26H25ClN2O2. The third-order valence-corrected chi connectivity index (χ3v) is 6.08. The summed E-state index contributed by atoms with van der Waals surface area (Å²) in [6.45, 7) is 6.50. The van der Waals surface area contributed by atoms with Crippen molar-refractivity contribution in [1.29, 1.82) is 5.26 Å². The average molecular weight is 433 g/mol. The number of allylic oxidation sites excluding steroid dienone is 4. The number of ether oxygens (including phenoxy) is 1. The molecule has 4 rings (SSSR count). The number of nitrogens with one attached hydrogen (secondary N) is 1. The minimum atomic E-state index is -0.375. The van der Waals surface area contributed by atoms with Gasteiger partial charge in [-0.15, -0.1) is 0 Å². The van der Waals surface area contributed by atoms with Crippen molar-refractivity contribution in [3.05, 3.63) is 87.2 Å². The highest BCUT2D eigenvalue weighted by Gasteiger charge is 2.41. The molecule has 1 aliphatic heterocycles. The summed E-state index contributed by atoms with van der Waals surface area (Å²) in [6, 6.07) is 17.6. The number of nitrogens with zero attached hydrogens (tertiary/aromatic N) is 1. The smallest absolute Gasteiger partial charge is 0.162 e. The maximum absolute atomic E-state index is 13.1. The molecule has 2 aromatic carbocycles. The average Bonchev–Trinajstić information content (AvgIpc) is 2.70. The van der Waals surface area contributed by atoms with Crippen LogP contribution in [0.25, 0.3) is 0 Å². The van der Waals surface area contributed by atoms with E-state index >= 15 is 0 Å². The van der Waals surface area contributed by atoms with Gasteiger partial charge in [0.2, 0.25) is 0 Å². The van der Waals surface area contributed by atoms with Crippen molar-refractivity contribution >= 4 is 17.4 Å². The fourth-order valence-electron chi connectivity index (χ4n) is 4.49. The quantitative estimate of drug-likeness (QED) is 0.639. The van der Waals surface area contributed by atoms with E-state index in [0.29, 0.717) is 34.9 Å². The molecule has 0 aromatic heterocycles. The molecule has 1 N–H and O–H groups in total. The first kappa shape index (κ1) is 21.2. The number of hydrogen-bond acceptors (Lipinski definition) is 4. The number of hydrogen-bond donors (Lipinski definition) is 1. The number of ketones is 1. The van der Waals surface area contributed by atoms with Gasteiger partial charge in [0.1, 0.15) is 12.4 Å². The number of rotatable bonds is 4.